The Balaban J connectivity index is 3.91. The number of allylic oxidation sites excluding steroid dienone is 3. The smallest absolute Gasteiger partial charge is 0.0204 e. The molecule has 0 fully saturated rings. The van der Waals surface area contributed by atoms with E-state index >= 15 is 0 Å². The molecule has 0 radical (unpaired) electrons. The maximum Gasteiger partial charge on any atom is -0.0204 e. The Kier molecular flexibility index (Phi) is 4.95. The van der Waals surface area contributed by atoms with Gasteiger partial charge in [0, 0.05) is 0 Å². The van der Waals surface area contributed by atoms with Gasteiger partial charge in [-0.15, -0.1) is 5.73 Å². The molecule has 0 aromatic heterocycles. The predicted octanol–water partition coefficient (Wildman–Crippen LogP) is 3.07. The molecule has 9 heavy (non-hydrogen) atoms. The van der Waals surface area contributed by atoms with Gasteiger partial charge in [-0.1, -0.05) is 19.1 Å². The number of hydrogen-bond acceptors (Lipinski definition) is 0. The first-order chi connectivity index (χ1) is 4.31. The molecule has 50 valence electrons. The first kappa shape index (κ1) is 8.26. The van der Waals surface area contributed by atoms with Gasteiger partial charge in [0.15, 0.2) is 0 Å². The maximum atomic E-state index is 3.14. The molecule has 0 aliphatic heterocycles. The highest BCUT2D eigenvalue weighted by atomic mass is 13.8. The molecule has 0 bridgehead atoms. The number of rotatable bonds is 2. The molecule has 0 rings (SSSR count). The molecule has 0 unspecified atom stereocenters. The van der Waals surface area contributed by atoms with Crippen molar-refractivity contribution in [1.29, 1.82) is 0 Å². The van der Waals surface area contributed by atoms with E-state index in [1.165, 1.54) is 5.57 Å². The highest BCUT2D eigenvalue weighted by Gasteiger charge is 1.74. The molecule has 0 saturated carbocycles. The van der Waals surface area contributed by atoms with Crippen LogP contribution < -0.4 is 0 Å². The summed E-state index contributed by atoms with van der Waals surface area (Å²) in [4.78, 5) is 0. The Labute approximate surface area is 57.6 Å². The quantitative estimate of drug-likeness (QED) is 0.390. The van der Waals surface area contributed by atoms with Gasteiger partial charge in [0.25, 0.3) is 0 Å². The fraction of sp³-hybridized carbons (Fsp3) is 0.444. The molecule has 0 aromatic rings. The second kappa shape index (κ2) is 5.40. The minimum atomic E-state index is 1.09. The summed E-state index contributed by atoms with van der Waals surface area (Å²) in [6.07, 6.45) is 7.02. The van der Waals surface area contributed by atoms with Crippen molar-refractivity contribution in [3.8, 4) is 0 Å². The summed E-state index contributed by atoms with van der Waals surface area (Å²) in [5, 5.41) is 0. The zero-order valence-corrected chi connectivity index (χ0v) is 6.44. The van der Waals surface area contributed by atoms with E-state index in [2.05, 4.69) is 19.6 Å². The predicted molar refractivity (Wildman–Crippen MR) is 42.4 cm³/mol. The zero-order valence-electron chi connectivity index (χ0n) is 6.44. The normalized spacial score (nSPS) is 9.22. The van der Waals surface area contributed by atoms with Crippen LogP contribution in [0.3, 0.4) is 0 Å². The topological polar surface area (TPSA) is 0 Å². The van der Waals surface area contributed by atoms with Gasteiger partial charge in [0.2, 0.25) is 0 Å². The van der Waals surface area contributed by atoms with Crippen LogP contribution in [-0.4, -0.2) is 0 Å². The van der Waals surface area contributed by atoms with Crippen molar-refractivity contribution in [3.63, 3.8) is 0 Å². The molecular weight excluding hydrogens is 108 g/mol. The van der Waals surface area contributed by atoms with Crippen LogP contribution in [0, 0.1) is 0 Å². The van der Waals surface area contributed by atoms with Gasteiger partial charge >= 0.3 is 0 Å². The first-order valence-electron chi connectivity index (χ1n) is 3.34. The largest absolute Gasteiger partial charge is 0.122 e. The lowest BCUT2D eigenvalue weighted by Crippen LogP contribution is -1.62. The molecule has 0 aromatic carbocycles. The third-order valence-electron chi connectivity index (χ3n) is 1.15. The third-order valence-corrected chi connectivity index (χ3v) is 1.15. The van der Waals surface area contributed by atoms with Gasteiger partial charge < -0.3 is 0 Å². The first-order valence-corrected chi connectivity index (χ1v) is 3.34. The Morgan fingerprint density at radius 1 is 1.56 bits per heavy atom. The molecule has 0 aliphatic carbocycles. The Hall–Kier alpha value is -0.740. The molecular formula is C9H14. The minimum absolute atomic E-state index is 1.09. The van der Waals surface area contributed by atoms with Gasteiger partial charge in [-0.25, -0.2) is 0 Å². The highest BCUT2D eigenvalue weighted by molar-refractivity contribution is 5.05. The summed E-state index contributed by atoms with van der Waals surface area (Å²) in [5.41, 5.74) is 4.44. The Morgan fingerprint density at radius 3 is 2.67 bits per heavy atom. The molecule has 0 amide bonds. The number of hydrogen-bond donors (Lipinski definition) is 0. The van der Waals surface area contributed by atoms with E-state index in [9.17, 15) is 0 Å². The van der Waals surface area contributed by atoms with Gasteiger partial charge in [-0.05, 0) is 31.9 Å². The second-order valence-electron chi connectivity index (χ2n) is 1.97. The summed E-state index contributed by atoms with van der Waals surface area (Å²) in [6, 6.07) is 0. The van der Waals surface area contributed by atoms with Crippen molar-refractivity contribution in [2.24, 2.45) is 0 Å². The summed E-state index contributed by atoms with van der Waals surface area (Å²) in [7, 11) is 0. The van der Waals surface area contributed by atoms with Gasteiger partial charge in [-0.3, -0.25) is 0 Å². The van der Waals surface area contributed by atoms with E-state index in [4.69, 9.17) is 0 Å². The van der Waals surface area contributed by atoms with Crippen molar-refractivity contribution < 1.29 is 0 Å². The Bertz CT molecular complexity index is 143. The van der Waals surface area contributed by atoms with Crippen molar-refractivity contribution >= 4 is 0 Å². The average Bonchev–Trinajstić information content (AvgIpc) is 1.89. The fourth-order valence-corrected chi connectivity index (χ4v) is 0.389. The van der Waals surface area contributed by atoms with Gasteiger partial charge in [0.05, 0.1) is 0 Å². The molecule has 0 nitrogen and oxygen atoms in total. The maximum absolute atomic E-state index is 3.14. The van der Waals surface area contributed by atoms with E-state index in [1.54, 1.807) is 0 Å². The molecule has 0 saturated heterocycles. The zero-order chi connectivity index (χ0) is 7.11. The summed E-state index contributed by atoms with van der Waals surface area (Å²) in [5.74, 6) is 0. The van der Waals surface area contributed by atoms with E-state index in [-0.39, 0.29) is 0 Å². The van der Waals surface area contributed by atoms with Crippen LogP contribution in [0.2, 0.25) is 0 Å². The van der Waals surface area contributed by atoms with Crippen LogP contribution >= 0.6 is 0 Å². The second-order valence-corrected chi connectivity index (χ2v) is 1.97. The van der Waals surface area contributed by atoms with E-state index in [0.717, 1.165) is 6.42 Å². The van der Waals surface area contributed by atoms with Crippen molar-refractivity contribution in [3.05, 3.63) is 29.5 Å². The van der Waals surface area contributed by atoms with E-state index in [1.807, 2.05) is 25.2 Å². The molecule has 0 heteroatoms. The summed E-state index contributed by atoms with van der Waals surface area (Å²) >= 11 is 0. The van der Waals surface area contributed by atoms with Crippen molar-refractivity contribution in [1.82, 2.24) is 0 Å². The monoisotopic (exact) mass is 122 g/mol. The summed E-state index contributed by atoms with van der Waals surface area (Å²) in [6.45, 7) is 6.21. The average molecular weight is 122 g/mol. The van der Waals surface area contributed by atoms with Gasteiger partial charge in [-0.2, -0.15) is 0 Å². The summed E-state index contributed by atoms with van der Waals surface area (Å²) < 4.78 is 0. The minimum Gasteiger partial charge on any atom is -0.122 e. The Morgan fingerprint density at radius 2 is 2.22 bits per heavy atom. The SMILES string of the molecule is CC=CC=C=C(C)CC. The molecule has 0 heterocycles. The van der Waals surface area contributed by atoms with Crippen LogP contribution in [-0.2, 0) is 0 Å². The van der Waals surface area contributed by atoms with Crippen molar-refractivity contribution in [2.45, 2.75) is 27.2 Å². The lowest BCUT2D eigenvalue weighted by Gasteiger charge is -1.82. The van der Waals surface area contributed by atoms with Gasteiger partial charge in [0.1, 0.15) is 0 Å². The lowest BCUT2D eigenvalue weighted by atomic mass is 10.2. The lowest BCUT2D eigenvalue weighted by molar-refractivity contribution is 1.10. The molecule has 0 N–H and O–H groups in total. The van der Waals surface area contributed by atoms with Crippen LogP contribution in [0.5, 0.6) is 0 Å². The molecule has 0 aliphatic rings. The fourth-order valence-electron chi connectivity index (χ4n) is 0.389. The van der Waals surface area contributed by atoms with Crippen LogP contribution in [0.15, 0.2) is 29.5 Å². The van der Waals surface area contributed by atoms with Crippen molar-refractivity contribution in [2.75, 3.05) is 0 Å². The van der Waals surface area contributed by atoms with E-state index < -0.39 is 0 Å². The van der Waals surface area contributed by atoms with E-state index in [0.29, 0.717) is 0 Å². The highest BCUT2D eigenvalue weighted by Crippen LogP contribution is 1.93. The third kappa shape index (κ3) is 5.13. The van der Waals surface area contributed by atoms with Crippen LogP contribution in [0.4, 0.5) is 0 Å². The molecule has 0 spiro atoms. The van der Waals surface area contributed by atoms with Crippen LogP contribution in [0.25, 0.3) is 0 Å². The van der Waals surface area contributed by atoms with Crippen LogP contribution in [0.1, 0.15) is 27.2 Å². The standard InChI is InChI=1S/C9H14/c1-4-6-7-8-9(3)5-2/h4,6-7H,5H2,1-3H3. The molecule has 0 atom stereocenters.